The highest BCUT2D eigenvalue weighted by Crippen LogP contribution is 2.26. The molecule has 1 aromatic heterocycles. The van der Waals surface area contributed by atoms with E-state index in [4.69, 9.17) is 9.47 Å². The molecular formula is C15H18N2O2. The highest BCUT2D eigenvalue weighted by molar-refractivity contribution is 5.22. The SMILES string of the molecule is Cc1ccc(CC2(Cn3ccnc3)OCCO2)cc1. The van der Waals surface area contributed by atoms with E-state index in [1.54, 1.807) is 12.5 Å². The van der Waals surface area contributed by atoms with E-state index in [0.717, 1.165) is 6.42 Å². The Hall–Kier alpha value is -1.65. The second-order valence-corrected chi connectivity index (χ2v) is 5.00. The molecule has 1 saturated heterocycles. The van der Waals surface area contributed by atoms with E-state index in [0.29, 0.717) is 19.8 Å². The molecule has 1 fully saturated rings. The van der Waals surface area contributed by atoms with Crippen LogP contribution < -0.4 is 0 Å². The van der Waals surface area contributed by atoms with Crippen LogP contribution in [-0.2, 0) is 22.4 Å². The van der Waals surface area contributed by atoms with Gasteiger partial charge in [0.05, 0.1) is 26.1 Å². The molecule has 0 atom stereocenters. The lowest BCUT2D eigenvalue weighted by atomic mass is 10.0. The molecule has 0 bridgehead atoms. The van der Waals surface area contributed by atoms with Crippen LogP contribution in [0.5, 0.6) is 0 Å². The molecule has 1 aromatic carbocycles. The number of hydrogen-bond donors (Lipinski definition) is 0. The predicted molar refractivity (Wildman–Crippen MR) is 71.7 cm³/mol. The summed E-state index contributed by atoms with van der Waals surface area (Å²) in [7, 11) is 0. The Morgan fingerprint density at radius 2 is 1.95 bits per heavy atom. The third-order valence-electron chi connectivity index (χ3n) is 3.39. The standard InChI is InChI=1S/C15H18N2O2/c1-13-2-4-14(5-3-13)10-15(18-8-9-19-15)11-17-7-6-16-12-17/h2-7,12H,8-11H2,1H3. The molecule has 0 radical (unpaired) electrons. The van der Waals surface area contributed by atoms with E-state index in [1.165, 1.54) is 11.1 Å². The van der Waals surface area contributed by atoms with Crippen molar-refractivity contribution in [2.24, 2.45) is 0 Å². The zero-order valence-electron chi connectivity index (χ0n) is 11.1. The molecule has 3 rings (SSSR count). The van der Waals surface area contributed by atoms with Crippen molar-refractivity contribution < 1.29 is 9.47 Å². The fourth-order valence-electron chi connectivity index (χ4n) is 2.42. The third kappa shape index (κ3) is 2.85. The molecule has 1 aliphatic rings. The Kier molecular flexibility index (Phi) is 3.36. The molecule has 1 aliphatic heterocycles. The maximum atomic E-state index is 5.88. The highest BCUT2D eigenvalue weighted by atomic mass is 16.7. The number of aromatic nitrogens is 2. The fourth-order valence-corrected chi connectivity index (χ4v) is 2.42. The molecular weight excluding hydrogens is 240 g/mol. The van der Waals surface area contributed by atoms with Crippen LogP contribution in [0.1, 0.15) is 11.1 Å². The normalized spacial score (nSPS) is 17.7. The number of hydrogen-bond acceptors (Lipinski definition) is 3. The number of aryl methyl sites for hydroxylation is 1. The lowest BCUT2D eigenvalue weighted by molar-refractivity contribution is -0.166. The smallest absolute Gasteiger partial charge is 0.190 e. The van der Waals surface area contributed by atoms with Gasteiger partial charge in [0.1, 0.15) is 0 Å². The van der Waals surface area contributed by atoms with E-state index < -0.39 is 5.79 Å². The average Bonchev–Trinajstić information content (AvgIpc) is 3.05. The van der Waals surface area contributed by atoms with Crippen LogP contribution in [0.4, 0.5) is 0 Å². The molecule has 0 amide bonds. The Morgan fingerprint density at radius 1 is 1.21 bits per heavy atom. The van der Waals surface area contributed by atoms with Crippen LogP contribution in [-0.4, -0.2) is 28.6 Å². The molecule has 0 aliphatic carbocycles. The lowest BCUT2D eigenvalue weighted by Gasteiger charge is -2.28. The zero-order chi connectivity index (χ0) is 13.1. The van der Waals surface area contributed by atoms with Gasteiger partial charge in [-0.1, -0.05) is 29.8 Å². The quantitative estimate of drug-likeness (QED) is 0.843. The van der Waals surface area contributed by atoms with E-state index in [2.05, 4.69) is 36.2 Å². The summed E-state index contributed by atoms with van der Waals surface area (Å²) in [5.41, 5.74) is 2.49. The van der Waals surface area contributed by atoms with Gasteiger partial charge < -0.3 is 14.0 Å². The van der Waals surface area contributed by atoms with Crippen molar-refractivity contribution in [1.82, 2.24) is 9.55 Å². The zero-order valence-corrected chi connectivity index (χ0v) is 11.1. The van der Waals surface area contributed by atoms with Gasteiger partial charge >= 0.3 is 0 Å². The molecule has 2 heterocycles. The first-order chi connectivity index (χ1) is 9.26. The van der Waals surface area contributed by atoms with Crippen LogP contribution in [0.25, 0.3) is 0 Å². The van der Waals surface area contributed by atoms with E-state index in [9.17, 15) is 0 Å². The molecule has 19 heavy (non-hydrogen) atoms. The van der Waals surface area contributed by atoms with Crippen LogP contribution in [0.3, 0.4) is 0 Å². The van der Waals surface area contributed by atoms with Crippen LogP contribution >= 0.6 is 0 Å². The van der Waals surface area contributed by atoms with Gasteiger partial charge in [-0.15, -0.1) is 0 Å². The van der Waals surface area contributed by atoms with Gasteiger partial charge in [-0.3, -0.25) is 0 Å². The third-order valence-corrected chi connectivity index (χ3v) is 3.39. The van der Waals surface area contributed by atoms with Crippen molar-refractivity contribution in [2.45, 2.75) is 25.7 Å². The maximum absolute atomic E-state index is 5.88. The van der Waals surface area contributed by atoms with E-state index in [1.807, 2.05) is 10.8 Å². The van der Waals surface area contributed by atoms with Crippen molar-refractivity contribution >= 4 is 0 Å². The predicted octanol–water partition coefficient (Wildman–Crippen LogP) is 2.18. The van der Waals surface area contributed by atoms with Crippen LogP contribution in [0.15, 0.2) is 43.0 Å². The molecule has 0 saturated carbocycles. The Bertz CT molecular complexity index is 514. The molecule has 2 aromatic rings. The number of benzene rings is 1. The molecule has 4 nitrogen and oxygen atoms in total. The summed E-state index contributed by atoms with van der Waals surface area (Å²) in [4.78, 5) is 4.07. The first-order valence-electron chi connectivity index (χ1n) is 6.55. The number of imidazole rings is 1. The summed E-state index contributed by atoms with van der Waals surface area (Å²) >= 11 is 0. The largest absolute Gasteiger partial charge is 0.345 e. The summed E-state index contributed by atoms with van der Waals surface area (Å²) in [5.74, 6) is -0.560. The van der Waals surface area contributed by atoms with Crippen molar-refractivity contribution in [1.29, 1.82) is 0 Å². The summed E-state index contributed by atoms with van der Waals surface area (Å²) in [6.45, 7) is 4.07. The van der Waals surface area contributed by atoms with Crippen molar-refractivity contribution in [3.8, 4) is 0 Å². The second kappa shape index (κ2) is 5.15. The van der Waals surface area contributed by atoms with Gasteiger partial charge in [0.25, 0.3) is 0 Å². The minimum absolute atomic E-state index is 0.560. The summed E-state index contributed by atoms with van der Waals surface area (Å²) in [5, 5.41) is 0. The Morgan fingerprint density at radius 3 is 2.58 bits per heavy atom. The van der Waals surface area contributed by atoms with Crippen LogP contribution in [0, 0.1) is 6.92 Å². The highest BCUT2D eigenvalue weighted by Gasteiger charge is 2.37. The monoisotopic (exact) mass is 258 g/mol. The molecule has 100 valence electrons. The van der Waals surface area contributed by atoms with E-state index >= 15 is 0 Å². The number of ether oxygens (including phenoxy) is 2. The summed E-state index contributed by atoms with van der Waals surface area (Å²) < 4.78 is 13.8. The average molecular weight is 258 g/mol. The topological polar surface area (TPSA) is 36.3 Å². The van der Waals surface area contributed by atoms with E-state index in [-0.39, 0.29) is 0 Å². The first-order valence-corrected chi connectivity index (χ1v) is 6.55. The van der Waals surface area contributed by atoms with Crippen LogP contribution in [0.2, 0.25) is 0 Å². The number of nitrogens with zero attached hydrogens (tertiary/aromatic N) is 2. The second-order valence-electron chi connectivity index (χ2n) is 5.00. The molecule has 0 spiro atoms. The van der Waals surface area contributed by atoms with Crippen molar-refractivity contribution in [3.05, 3.63) is 54.1 Å². The van der Waals surface area contributed by atoms with Crippen molar-refractivity contribution in [3.63, 3.8) is 0 Å². The summed E-state index contributed by atoms with van der Waals surface area (Å²) in [6, 6.07) is 8.51. The van der Waals surface area contributed by atoms with Gasteiger partial charge in [-0.25, -0.2) is 4.98 Å². The Balaban J connectivity index is 1.78. The fraction of sp³-hybridized carbons (Fsp3) is 0.400. The minimum Gasteiger partial charge on any atom is -0.345 e. The van der Waals surface area contributed by atoms with Gasteiger partial charge in [0.2, 0.25) is 0 Å². The van der Waals surface area contributed by atoms with Crippen molar-refractivity contribution in [2.75, 3.05) is 13.2 Å². The minimum atomic E-state index is -0.560. The molecule has 4 heteroatoms. The van der Waals surface area contributed by atoms with Gasteiger partial charge in [-0.05, 0) is 12.5 Å². The summed E-state index contributed by atoms with van der Waals surface area (Å²) in [6.07, 6.45) is 6.25. The first kappa shape index (κ1) is 12.4. The van der Waals surface area contributed by atoms with Gasteiger partial charge in [-0.2, -0.15) is 0 Å². The van der Waals surface area contributed by atoms with Gasteiger partial charge in [0, 0.05) is 18.8 Å². The maximum Gasteiger partial charge on any atom is 0.190 e. The molecule has 0 N–H and O–H groups in total. The molecule has 0 unspecified atom stereocenters. The Labute approximate surface area is 113 Å². The van der Waals surface area contributed by atoms with Gasteiger partial charge in [0.15, 0.2) is 5.79 Å². The lowest BCUT2D eigenvalue weighted by Crippen LogP contribution is -2.37. The number of rotatable bonds is 4.